The zero-order valence-electron chi connectivity index (χ0n) is 7.79. The molecule has 0 aliphatic carbocycles. The molecule has 0 bridgehead atoms. The van der Waals surface area contributed by atoms with Crippen LogP contribution in [-0.2, 0) is 4.79 Å². The summed E-state index contributed by atoms with van der Waals surface area (Å²) in [6.07, 6.45) is 2.08. The van der Waals surface area contributed by atoms with Gasteiger partial charge < -0.3 is 4.90 Å². The molecule has 0 unspecified atom stereocenters. The zero-order valence-corrected chi connectivity index (χ0v) is 7.79. The molecule has 1 heterocycles. The standard InChI is InChI=1S/C8H15N3O2/c1-7(9)11(13)6-8(12)10-4-2-3-5-10/h9,13H,2-6H2,1H3. The number of hydrogen-bond acceptors (Lipinski definition) is 3. The number of hydroxylamine groups is 2. The molecular weight excluding hydrogens is 170 g/mol. The fourth-order valence-electron chi connectivity index (χ4n) is 1.31. The van der Waals surface area contributed by atoms with Crippen molar-refractivity contribution in [3.05, 3.63) is 0 Å². The Bertz CT molecular complexity index is 211. The quantitative estimate of drug-likeness (QED) is 0.369. The van der Waals surface area contributed by atoms with E-state index in [9.17, 15) is 4.79 Å². The van der Waals surface area contributed by atoms with E-state index in [1.54, 1.807) is 4.90 Å². The van der Waals surface area contributed by atoms with Crippen molar-refractivity contribution >= 4 is 11.7 Å². The van der Waals surface area contributed by atoms with Crippen LogP contribution in [0.15, 0.2) is 0 Å². The highest BCUT2D eigenvalue weighted by Crippen LogP contribution is 2.07. The summed E-state index contributed by atoms with van der Waals surface area (Å²) in [6.45, 7) is 2.90. The number of nitrogens with zero attached hydrogens (tertiary/aromatic N) is 2. The van der Waals surface area contributed by atoms with Crippen molar-refractivity contribution in [3.8, 4) is 0 Å². The van der Waals surface area contributed by atoms with Crippen LogP contribution >= 0.6 is 0 Å². The molecule has 0 aromatic heterocycles. The molecule has 13 heavy (non-hydrogen) atoms. The molecule has 1 aliphatic heterocycles. The molecule has 0 aromatic rings. The lowest BCUT2D eigenvalue weighted by atomic mass is 10.4. The van der Waals surface area contributed by atoms with E-state index in [0.29, 0.717) is 5.06 Å². The van der Waals surface area contributed by atoms with Gasteiger partial charge in [-0.1, -0.05) is 0 Å². The number of hydrogen-bond donors (Lipinski definition) is 2. The molecule has 0 atom stereocenters. The predicted molar refractivity (Wildman–Crippen MR) is 47.7 cm³/mol. The Hall–Kier alpha value is -1.10. The van der Waals surface area contributed by atoms with E-state index >= 15 is 0 Å². The average molecular weight is 185 g/mol. The van der Waals surface area contributed by atoms with Crippen LogP contribution in [0.3, 0.4) is 0 Å². The number of amides is 1. The van der Waals surface area contributed by atoms with Crippen molar-refractivity contribution in [1.82, 2.24) is 9.96 Å². The predicted octanol–water partition coefficient (Wildman–Crippen LogP) is 0.297. The van der Waals surface area contributed by atoms with Crippen molar-refractivity contribution in [1.29, 1.82) is 5.41 Å². The summed E-state index contributed by atoms with van der Waals surface area (Å²) >= 11 is 0. The Labute approximate surface area is 77.4 Å². The summed E-state index contributed by atoms with van der Waals surface area (Å²) in [5, 5.41) is 16.9. The summed E-state index contributed by atoms with van der Waals surface area (Å²) in [5.74, 6) is -0.112. The number of carbonyl (C=O) groups excluding carboxylic acids is 1. The van der Waals surface area contributed by atoms with Crippen LogP contribution in [0.2, 0.25) is 0 Å². The smallest absolute Gasteiger partial charge is 0.244 e. The number of nitrogens with one attached hydrogen (secondary N) is 1. The molecule has 2 N–H and O–H groups in total. The van der Waals surface area contributed by atoms with Crippen LogP contribution in [0.4, 0.5) is 0 Å². The first-order valence-electron chi connectivity index (χ1n) is 4.40. The second-order valence-corrected chi connectivity index (χ2v) is 3.23. The maximum atomic E-state index is 11.4. The van der Waals surface area contributed by atoms with E-state index in [4.69, 9.17) is 10.6 Å². The summed E-state index contributed by atoms with van der Waals surface area (Å²) < 4.78 is 0. The monoisotopic (exact) mass is 185 g/mol. The van der Waals surface area contributed by atoms with Crippen molar-refractivity contribution in [3.63, 3.8) is 0 Å². The molecule has 5 heteroatoms. The molecule has 1 amide bonds. The molecule has 5 nitrogen and oxygen atoms in total. The van der Waals surface area contributed by atoms with Crippen molar-refractivity contribution in [2.75, 3.05) is 19.6 Å². The molecule has 1 saturated heterocycles. The molecule has 74 valence electrons. The van der Waals surface area contributed by atoms with Crippen LogP contribution in [-0.4, -0.2) is 46.5 Å². The van der Waals surface area contributed by atoms with Gasteiger partial charge in [-0.25, -0.2) is 5.06 Å². The summed E-state index contributed by atoms with van der Waals surface area (Å²) in [4.78, 5) is 13.1. The number of amidine groups is 1. The number of likely N-dealkylation sites (tertiary alicyclic amines) is 1. The van der Waals surface area contributed by atoms with Gasteiger partial charge in [0.1, 0.15) is 12.4 Å². The summed E-state index contributed by atoms with van der Waals surface area (Å²) in [5.41, 5.74) is 0. The Kier molecular flexibility index (Phi) is 3.25. The molecule has 0 radical (unpaired) electrons. The Morgan fingerprint density at radius 3 is 2.54 bits per heavy atom. The molecule has 1 aliphatic rings. The third-order valence-electron chi connectivity index (χ3n) is 2.13. The fourth-order valence-corrected chi connectivity index (χ4v) is 1.31. The van der Waals surface area contributed by atoms with Crippen molar-refractivity contribution in [2.45, 2.75) is 19.8 Å². The van der Waals surface area contributed by atoms with E-state index in [0.717, 1.165) is 25.9 Å². The Morgan fingerprint density at radius 1 is 1.54 bits per heavy atom. The molecule has 0 aromatic carbocycles. The van der Waals surface area contributed by atoms with Crippen LogP contribution in [0.5, 0.6) is 0 Å². The highest BCUT2D eigenvalue weighted by molar-refractivity contribution is 5.84. The third-order valence-corrected chi connectivity index (χ3v) is 2.13. The van der Waals surface area contributed by atoms with Crippen LogP contribution < -0.4 is 0 Å². The second kappa shape index (κ2) is 4.23. The number of carbonyl (C=O) groups is 1. The van der Waals surface area contributed by atoms with Gasteiger partial charge in [0.25, 0.3) is 0 Å². The molecule has 1 rings (SSSR count). The minimum atomic E-state index is -0.105. The first-order valence-corrected chi connectivity index (χ1v) is 4.40. The van der Waals surface area contributed by atoms with E-state index in [1.807, 2.05) is 0 Å². The normalized spacial score (nSPS) is 16.0. The summed E-state index contributed by atoms with van der Waals surface area (Å²) in [6, 6.07) is 0. The van der Waals surface area contributed by atoms with Crippen LogP contribution in [0.1, 0.15) is 19.8 Å². The van der Waals surface area contributed by atoms with Gasteiger partial charge in [-0.15, -0.1) is 0 Å². The Balaban J connectivity index is 2.35. The fraction of sp³-hybridized carbons (Fsp3) is 0.750. The maximum Gasteiger partial charge on any atom is 0.244 e. The number of rotatable bonds is 2. The van der Waals surface area contributed by atoms with E-state index in [-0.39, 0.29) is 18.3 Å². The topological polar surface area (TPSA) is 67.6 Å². The van der Waals surface area contributed by atoms with Gasteiger partial charge in [-0.05, 0) is 19.8 Å². The van der Waals surface area contributed by atoms with Crippen molar-refractivity contribution in [2.24, 2.45) is 0 Å². The molecule has 0 saturated carbocycles. The highest BCUT2D eigenvalue weighted by Gasteiger charge is 2.19. The summed E-state index contributed by atoms with van der Waals surface area (Å²) in [7, 11) is 0. The van der Waals surface area contributed by atoms with Gasteiger partial charge in [0.05, 0.1) is 0 Å². The van der Waals surface area contributed by atoms with E-state index < -0.39 is 0 Å². The van der Waals surface area contributed by atoms with E-state index in [1.165, 1.54) is 6.92 Å². The van der Waals surface area contributed by atoms with Crippen molar-refractivity contribution < 1.29 is 10.0 Å². The minimum Gasteiger partial charge on any atom is -0.341 e. The lowest BCUT2D eigenvalue weighted by Gasteiger charge is -2.19. The molecule has 0 spiro atoms. The van der Waals surface area contributed by atoms with E-state index in [2.05, 4.69) is 0 Å². The lowest BCUT2D eigenvalue weighted by molar-refractivity contribution is -0.137. The zero-order chi connectivity index (χ0) is 9.84. The van der Waals surface area contributed by atoms with Gasteiger partial charge in [0.15, 0.2) is 0 Å². The third kappa shape index (κ3) is 2.69. The minimum absolute atomic E-state index is 0.00690. The molecular formula is C8H15N3O2. The van der Waals surface area contributed by atoms with Gasteiger partial charge in [-0.3, -0.25) is 15.4 Å². The van der Waals surface area contributed by atoms with Gasteiger partial charge in [-0.2, -0.15) is 0 Å². The van der Waals surface area contributed by atoms with Gasteiger partial charge in [0.2, 0.25) is 5.91 Å². The SMILES string of the molecule is CC(=N)N(O)CC(=O)N1CCCC1. The maximum absolute atomic E-state index is 11.4. The van der Waals surface area contributed by atoms with Gasteiger partial charge >= 0.3 is 0 Å². The second-order valence-electron chi connectivity index (χ2n) is 3.23. The Morgan fingerprint density at radius 2 is 2.08 bits per heavy atom. The first kappa shape index (κ1) is 9.98. The lowest BCUT2D eigenvalue weighted by Crippen LogP contribution is -2.39. The van der Waals surface area contributed by atoms with Crippen LogP contribution in [0.25, 0.3) is 0 Å². The van der Waals surface area contributed by atoms with Crippen LogP contribution in [0, 0.1) is 5.41 Å². The average Bonchev–Trinajstić information content (AvgIpc) is 2.55. The van der Waals surface area contributed by atoms with Gasteiger partial charge in [0, 0.05) is 13.1 Å². The molecule has 1 fully saturated rings. The largest absolute Gasteiger partial charge is 0.341 e. The highest BCUT2D eigenvalue weighted by atomic mass is 16.5. The first-order chi connectivity index (χ1) is 6.11.